The molecule has 1 heterocycles. The molecule has 124 valence electrons. The number of carbonyl (C=O) groups excluding carboxylic acids is 2. The zero-order valence-electron chi connectivity index (χ0n) is 12.8. The van der Waals surface area contributed by atoms with Crippen LogP contribution in [-0.4, -0.2) is 18.4 Å². The summed E-state index contributed by atoms with van der Waals surface area (Å²) in [5, 5.41) is 5.90. The first kappa shape index (κ1) is 17.1. The number of rotatable bonds is 8. The summed E-state index contributed by atoms with van der Waals surface area (Å²) in [5.41, 5.74) is 9.12. The molecule has 0 saturated carbocycles. The lowest BCUT2D eigenvalue weighted by Gasteiger charge is -2.05. The Balaban J connectivity index is 1.69. The first-order valence-electron chi connectivity index (χ1n) is 7.26. The molecule has 2 aromatic rings. The van der Waals surface area contributed by atoms with Crippen LogP contribution in [0.1, 0.15) is 28.3 Å². The van der Waals surface area contributed by atoms with Crippen molar-refractivity contribution in [2.75, 3.05) is 6.54 Å². The Hall–Kier alpha value is -3.25. The van der Waals surface area contributed by atoms with E-state index in [1.165, 1.54) is 6.07 Å². The third-order valence-corrected chi connectivity index (χ3v) is 3.03. The SMILES string of the molecule is [N-]=[N+]=NCc1ccc(C(=O)NCCC(=O)OCc2ccccc2)o1. The van der Waals surface area contributed by atoms with Crippen molar-refractivity contribution in [2.24, 2.45) is 5.11 Å². The van der Waals surface area contributed by atoms with Crippen LogP contribution in [0.2, 0.25) is 0 Å². The first-order valence-corrected chi connectivity index (χ1v) is 7.26. The summed E-state index contributed by atoms with van der Waals surface area (Å²) in [6.07, 6.45) is 0.0604. The normalized spacial score (nSPS) is 9.83. The Morgan fingerprint density at radius 3 is 2.75 bits per heavy atom. The van der Waals surface area contributed by atoms with Gasteiger partial charge >= 0.3 is 5.97 Å². The lowest BCUT2D eigenvalue weighted by molar-refractivity contribution is -0.144. The van der Waals surface area contributed by atoms with Gasteiger partial charge in [-0.25, -0.2) is 0 Å². The molecule has 0 spiro atoms. The van der Waals surface area contributed by atoms with Gasteiger partial charge in [0.1, 0.15) is 12.4 Å². The van der Waals surface area contributed by atoms with Gasteiger partial charge in [-0.05, 0) is 23.2 Å². The summed E-state index contributed by atoms with van der Waals surface area (Å²) in [6, 6.07) is 12.4. The Bertz CT molecular complexity index is 736. The highest BCUT2D eigenvalue weighted by atomic mass is 16.5. The van der Waals surface area contributed by atoms with Crippen LogP contribution < -0.4 is 5.32 Å². The van der Waals surface area contributed by atoms with Gasteiger partial charge in [-0.2, -0.15) is 0 Å². The molecule has 0 aliphatic carbocycles. The molecule has 1 aromatic carbocycles. The summed E-state index contributed by atoms with van der Waals surface area (Å²) >= 11 is 0. The third kappa shape index (κ3) is 5.51. The maximum Gasteiger partial charge on any atom is 0.307 e. The highest BCUT2D eigenvalue weighted by molar-refractivity contribution is 5.91. The van der Waals surface area contributed by atoms with Crippen molar-refractivity contribution in [3.63, 3.8) is 0 Å². The highest BCUT2D eigenvalue weighted by Gasteiger charge is 2.11. The van der Waals surface area contributed by atoms with E-state index in [1.807, 2.05) is 30.3 Å². The quantitative estimate of drug-likeness (QED) is 0.347. The van der Waals surface area contributed by atoms with Crippen molar-refractivity contribution in [3.05, 3.63) is 70.0 Å². The van der Waals surface area contributed by atoms with Gasteiger partial charge < -0.3 is 14.5 Å². The number of carbonyl (C=O) groups is 2. The summed E-state index contributed by atoms with van der Waals surface area (Å²) in [5.74, 6) is -0.364. The lowest BCUT2D eigenvalue weighted by Crippen LogP contribution is -2.26. The number of nitrogens with one attached hydrogen (secondary N) is 1. The van der Waals surface area contributed by atoms with Crippen molar-refractivity contribution >= 4 is 11.9 Å². The smallest absolute Gasteiger partial charge is 0.307 e. The second-order valence-corrected chi connectivity index (χ2v) is 4.81. The molecule has 2 rings (SSSR count). The van der Waals surface area contributed by atoms with Gasteiger partial charge in [0.2, 0.25) is 0 Å². The molecule has 1 N–H and O–H groups in total. The van der Waals surface area contributed by atoms with Gasteiger partial charge in [0, 0.05) is 11.5 Å². The van der Waals surface area contributed by atoms with E-state index < -0.39 is 11.9 Å². The Morgan fingerprint density at radius 2 is 2.00 bits per heavy atom. The molecule has 0 fully saturated rings. The fourth-order valence-electron chi connectivity index (χ4n) is 1.86. The summed E-state index contributed by atoms with van der Waals surface area (Å²) in [4.78, 5) is 26.1. The summed E-state index contributed by atoms with van der Waals surface area (Å²) in [6.45, 7) is 0.378. The lowest BCUT2D eigenvalue weighted by atomic mass is 10.2. The average molecular weight is 328 g/mol. The minimum absolute atomic E-state index is 0.0373. The molecular weight excluding hydrogens is 312 g/mol. The Labute approximate surface area is 138 Å². The zero-order valence-corrected chi connectivity index (χ0v) is 12.8. The maximum absolute atomic E-state index is 11.8. The molecule has 0 aliphatic heterocycles. The van der Waals surface area contributed by atoms with E-state index >= 15 is 0 Å². The van der Waals surface area contributed by atoms with Crippen molar-refractivity contribution < 1.29 is 18.7 Å². The minimum atomic E-state index is -0.446. The van der Waals surface area contributed by atoms with E-state index in [0.29, 0.717) is 5.76 Å². The first-order chi connectivity index (χ1) is 11.7. The zero-order chi connectivity index (χ0) is 17.2. The Morgan fingerprint density at radius 1 is 1.21 bits per heavy atom. The van der Waals surface area contributed by atoms with E-state index in [-0.39, 0.29) is 31.9 Å². The molecule has 0 aliphatic rings. The molecule has 8 heteroatoms. The van der Waals surface area contributed by atoms with Crippen LogP contribution in [-0.2, 0) is 22.7 Å². The highest BCUT2D eigenvalue weighted by Crippen LogP contribution is 2.09. The standard InChI is InChI=1S/C16H16N4O4/c17-20-19-10-13-6-7-14(24-13)16(22)18-9-8-15(21)23-11-12-4-2-1-3-5-12/h1-7H,8-11H2,(H,18,22). The largest absolute Gasteiger partial charge is 0.461 e. The molecule has 0 unspecified atom stereocenters. The van der Waals surface area contributed by atoms with Gasteiger partial charge in [0.15, 0.2) is 5.76 Å². The minimum Gasteiger partial charge on any atom is -0.461 e. The summed E-state index contributed by atoms with van der Waals surface area (Å²) in [7, 11) is 0. The number of hydrogen-bond donors (Lipinski definition) is 1. The van der Waals surface area contributed by atoms with Gasteiger partial charge in [-0.3, -0.25) is 9.59 Å². The molecular formula is C16H16N4O4. The third-order valence-electron chi connectivity index (χ3n) is 3.03. The van der Waals surface area contributed by atoms with Crippen LogP contribution in [0, 0.1) is 0 Å². The van der Waals surface area contributed by atoms with Gasteiger partial charge in [0.05, 0.1) is 13.0 Å². The fourth-order valence-corrected chi connectivity index (χ4v) is 1.86. The topological polar surface area (TPSA) is 117 Å². The van der Waals surface area contributed by atoms with Gasteiger partial charge in [0.25, 0.3) is 5.91 Å². The molecule has 1 amide bonds. The molecule has 8 nitrogen and oxygen atoms in total. The number of ether oxygens (including phenoxy) is 1. The molecule has 0 saturated heterocycles. The number of benzene rings is 1. The van der Waals surface area contributed by atoms with Crippen molar-refractivity contribution in [3.8, 4) is 0 Å². The van der Waals surface area contributed by atoms with Crippen molar-refractivity contribution in [1.82, 2.24) is 5.32 Å². The molecule has 0 radical (unpaired) electrons. The number of amides is 1. The average Bonchev–Trinajstić information content (AvgIpc) is 3.08. The van der Waals surface area contributed by atoms with E-state index in [9.17, 15) is 9.59 Å². The van der Waals surface area contributed by atoms with E-state index in [0.717, 1.165) is 5.56 Å². The number of azide groups is 1. The molecule has 0 atom stereocenters. The van der Waals surface area contributed by atoms with Crippen LogP contribution in [0.25, 0.3) is 10.4 Å². The molecule has 1 aromatic heterocycles. The monoisotopic (exact) mass is 328 g/mol. The number of esters is 1. The van der Waals surface area contributed by atoms with E-state index in [1.54, 1.807) is 6.07 Å². The van der Waals surface area contributed by atoms with E-state index in [2.05, 4.69) is 15.3 Å². The summed E-state index contributed by atoms with van der Waals surface area (Å²) < 4.78 is 10.3. The molecule has 0 bridgehead atoms. The van der Waals surface area contributed by atoms with Gasteiger partial charge in [-0.15, -0.1) is 0 Å². The van der Waals surface area contributed by atoms with Crippen LogP contribution in [0.5, 0.6) is 0 Å². The van der Waals surface area contributed by atoms with E-state index in [4.69, 9.17) is 14.7 Å². The Kier molecular flexibility index (Phi) is 6.43. The number of furan rings is 1. The van der Waals surface area contributed by atoms with Crippen molar-refractivity contribution in [1.29, 1.82) is 0 Å². The van der Waals surface area contributed by atoms with Gasteiger partial charge in [-0.1, -0.05) is 35.4 Å². The predicted octanol–water partition coefficient (Wildman–Crippen LogP) is 2.95. The predicted molar refractivity (Wildman–Crippen MR) is 84.7 cm³/mol. The van der Waals surface area contributed by atoms with Crippen molar-refractivity contribution in [2.45, 2.75) is 19.6 Å². The van der Waals surface area contributed by atoms with Crippen LogP contribution >= 0.6 is 0 Å². The van der Waals surface area contributed by atoms with Crippen LogP contribution in [0.3, 0.4) is 0 Å². The maximum atomic E-state index is 11.8. The number of nitrogens with zero attached hydrogens (tertiary/aromatic N) is 3. The number of hydrogen-bond acceptors (Lipinski definition) is 5. The second kappa shape index (κ2) is 9.02. The second-order valence-electron chi connectivity index (χ2n) is 4.81. The molecule has 24 heavy (non-hydrogen) atoms. The van der Waals surface area contributed by atoms with Crippen LogP contribution in [0.4, 0.5) is 0 Å². The van der Waals surface area contributed by atoms with Crippen LogP contribution in [0.15, 0.2) is 52.0 Å². The fraction of sp³-hybridized carbons (Fsp3) is 0.250.